The Kier molecular flexibility index (Phi) is 7.17. The molecule has 2 heterocycles. The molecule has 11 rings (SSSR count). The summed E-state index contributed by atoms with van der Waals surface area (Å²) in [4.78, 5) is 2.38. The molecule has 2 aromatic heterocycles. The van der Waals surface area contributed by atoms with Gasteiger partial charge in [0.2, 0.25) is 0 Å². The Morgan fingerprint density at radius 3 is 1.95 bits per heavy atom. The van der Waals surface area contributed by atoms with Crippen molar-refractivity contribution >= 4 is 71.6 Å². The van der Waals surface area contributed by atoms with Gasteiger partial charge in [-0.05, 0) is 94.4 Å². The van der Waals surface area contributed by atoms with E-state index in [1.807, 2.05) is 0 Å². The molecule has 0 saturated carbocycles. The van der Waals surface area contributed by atoms with E-state index in [0.717, 1.165) is 55.6 Å². The van der Waals surface area contributed by atoms with Crippen molar-refractivity contribution in [2.24, 2.45) is 0 Å². The van der Waals surface area contributed by atoms with E-state index in [0.29, 0.717) is 0 Å². The van der Waals surface area contributed by atoms with Gasteiger partial charge in [-0.15, -0.1) is 0 Å². The molecule has 0 atom stereocenters. The van der Waals surface area contributed by atoms with Crippen LogP contribution in [0.25, 0.3) is 82.5 Å². The van der Waals surface area contributed by atoms with Gasteiger partial charge in [-0.25, -0.2) is 0 Å². The summed E-state index contributed by atoms with van der Waals surface area (Å²) in [5.74, 6) is 0. The second kappa shape index (κ2) is 12.6. The minimum absolute atomic E-state index is 0.867. The predicted octanol–water partition coefficient (Wildman–Crippen LogP) is 14.6. The Labute approximate surface area is 318 Å². The van der Waals surface area contributed by atoms with Gasteiger partial charge in [0.15, 0.2) is 0 Å². The molecule has 11 aromatic rings. The summed E-state index contributed by atoms with van der Waals surface area (Å²) >= 11 is 0. The molecule has 9 aromatic carbocycles. The van der Waals surface area contributed by atoms with E-state index in [9.17, 15) is 0 Å². The van der Waals surface area contributed by atoms with Crippen molar-refractivity contribution in [3.63, 3.8) is 0 Å². The molecule has 0 aliphatic heterocycles. The second-order valence-corrected chi connectivity index (χ2v) is 14.1. The topological polar surface area (TPSA) is 21.3 Å². The first-order valence-corrected chi connectivity index (χ1v) is 18.8. The van der Waals surface area contributed by atoms with Gasteiger partial charge in [-0.3, -0.25) is 0 Å². The van der Waals surface area contributed by atoms with Crippen LogP contribution in [0, 0.1) is 0 Å². The molecule has 0 aliphatic carbocycles. The van der Waals surface area contributed by atoms with Gasteiger partial charge in [0, 0.05) is 38.6 Å². The number of hydrogen-bond donors (Lipinski definition) is 0. The third kappa shape index (κ3) is 5.05. The zero-order chi connectivity index (χ0) is 36.3. The van der Waals surface area contributed by atoms with Crippen molar-refractivity contribution in [2.75, 3.05) is 4.90 Å². The largest absolute Gasteiger partial charge is 0.455 e. The predicted molar refractivity (Wildman–Crippen MR) is 231 cm³/mol. The minimum atomic E-state index is 0.867. The van der Waals surface area contributed by atoms with E-state index in [1.54, 1.807) is 0 Å². The first-order chi connectivity index (χ1) is 27.3. The lowest BCUT2D eigenvalue weighted by molar-refractivity contribution is 0.672. The smallest absolute Gasteiger partial charge is 0.143 e. The second-order valence-electron chi connectivity index (χ2n) is 14.1. The van der Waals surface area contributed by atoms with Gasteiger partial charge in [-0.2, -0.15) is 0 Å². The Morgan fingerprint density at radius 1 is 0.400 bits per heavy atom. The van der Waals surface area contributed by atoms with Crippen LogP contribution in [0.1, 0.15) is 0 Å². The monoisotopic (exact) mass is 702 g/mol. The minimum Gasteiger partial charge on any atom is -0.455 e. The summed E-state index contributed by atoms with van der Waals surface area (Å²) in [5.41, 5.74) is 13.3. The molecule has 0 fully saturated rings. The Bertz CT molecular complexity index is 3190. The average molecular weight is 703 g/mol. The highest BCUT2D eigenvalue weighted by Crippen LogP contribution is 2.46. The van der Waals surface area contributed by atoms with Crippen molar-refractivity contribution in [1.29, 1.82) is 0 Å². The molecule has 0 N–H and O–H groups in total. The molecule has 258 valence electrons. The first kappa shape index (κ1) is 31.2. The number of benzene rings is 9. The highest BCUT2D eigenvalue weighted by Gasteiger charge is 2.22. The first-order valence-electron chi connectivity index (χ1n) is 18.8. The van der Waals surface area contributed by atoms with Gasteiger partial charge in [0.1, 0.15) is 11.2 Å². The van der Waals surface area contributed by atoms with E-state index in [-0.39, 0.29) is 0 Å². The highest BCUT2D eigenvalue weighted by atomic mass is 16.3. The SMILES string of the molecule is c1ccc(-c2cccc(N(c3ccc(-c4cccc5c4c4ccccc4n5-c4ccccc4)cc3)c3cccc4oc5c6ccccc6ccc5c34)c2)cc1. The summed E-state index contributed by atoms with van der Waals surface area (Å²) in [7, 11) is 0. The van der Waals surface area contributed by atoms with Crippen molar-refractivity contribution in [2.45, 2.75) is 0 Å². The molecule has 0 radical (unpaired) electrons. The van der Waals surface area contributed by atoms with Crippen molar-refractivity contribution in [1.82, 2.24) is 4.57 Å². The normalized spacial score (nSPS) is 11.6. The van der Waals surface area contributed by atoms with Crippen LogP contribution in [0.15, 0.2) is 211 Å². The zero-order valence-electron chi connectivity index (χ0n) is 29.9. The summed E-state index contributed by atoms with van der Waals surface area (Å²) < 4.78 is 9.06. The molecule has 0 aliphatic rings. The fourth-order valence-electron chi connectivity index (χ4n) is 8.51. The van der Waals surface area contributed by atoms with Crippen LogP contribution in [-0.4, -0.2) is 4.57 Å². The van der Waals surface area contributed by atoms with E-state index in [2.05, 4.69) is 216 Å². The van der Waals surface area contributed by atoms with Crippen LogP contribution in [0.3, 0.4) is 0 Å². The van der Waals surface area contributed by atoms with E-state index in [4.69, 9.17) is 4.42 Å². The quantitative estimate of drug-likeness (QED) is 0.172. The zero-order valence-corrected chi connectivity index (χ0v) is 29.9. The fourth-order valence-corrected chi connectivity index (χ4v) is 8.51. The fraction of sp³-hybridized carbons (Fsp3) is 0. The molecule has 0 amide bonds. The van der Waals surface area contributed by atoms with E-state index in [1.165, 1.54) is 43.9 Å². The van der Waals surface area contributed by atoms with Crippen molar-refractivity contribution < 1.29 is 4.42 Å². The number of rotatable bonds is 6. The Balaban J connectivity index is 1.11. The van der Waals surface area contributed by atoms with Crippen LogP contribution in [-0.2, 0) is 0 Å². The average Bonchev–Trinajstić information content (AvgIpc) is 3.82. The lowest BCUT2D eigenvalue weighted by atomic mass is 9.98. The van der Waals surface area contributed by atoms with Gasteiger partial charge >= 0.3 is 0 Å². The van der Waals surface area contributed by atoms with Gasteiger partial charge in [0.05, 0.1) is 22.1 Å². The van der Waals surface area contributed by atoms with Gasteiger partial charge < -0.3 is 13.9 Å². The number of anilines is 3. The highest BCUT2D eigenvalue weighted by molar-refractivity contribution is 6.20. The van der Waals surface area contributed by atoms with Crippen molar-refractivity contribution in [3.8, 4) is 27.9 Å². The number of nitrogens with zero attached hydrogens (tertiary/aromatic N) is 2. The number of fused-ring (bicyclic) bond motifs is 8. The lowest BCUT2D eigenvalue weighted by Gasteiger charge is -2.27. The summed E-state index contributed by atoms with van der Waals surface area (Å²) in [6.07, 6.45) is 0. The molecular weight excluding hydrogens is 669 g/mol. The van der Waals surface area contributed by atoms with Gasteiger partial charge in [-0.1, -0.05) is 140 Å². The third-order valence-electron chi connectivity index (χ3n) is 11.0. The molecule has 3 nitrogen and oxygen atoms in total. The maximum absolute atomic E-state index is 6.68. The van der Waals surface area contributed by atoms with Crippen molar-refractivity contribution in [3.05, 3.63) is 206 Å². The standard InChI is InChI=1S/C52H34N2O/c1-3-14-35(15-4-1)38-17-11-20-41(34-38)53(48-26-13-27-49-51(48)45-33-30-36-16-7-8-21-43(36)52(45)55-49)40-31-28-37(29-32-40)42-23-12-25-47-50(42)44-22-9-10-24-46(44)54(47)39-18-5-2-6-19-39/h1-34H. The molecule has 3 heteroatoms. The van der Waals surface area contributed by atoms with Crippen LogP contribution < -0.4 is 4.90 Å². The molecular formula is C52H34N2O. The number of para-hydroxylation sites is 2. The molecule has 0 saturated heterocycles. The Hall–Kier alpha value is -7.36. The summed E-state index contributed by atoms with van der Waals surface area (Å²) in [5, 5.41) is 6.98. The lowest BCUT2D eigenvalue weighted by Crippen LogP contribution is -2.10. The number of hydrogen-bond acceptors (Lipinski definition) is 2. The summed E-state index contributed by atoms with van der Waals surface area (Å²) in [6.45, 7) is 0. The third-order valence-corrected chi connectivity index (χ3v) is 11.0. The molecule has 0 spiro atoms. The van der Waals surface area contributed by atoms with Crippen LogP contribution >= 0.6 is 0 Å². The summed E-state index contributed by atoms with van der Waals surface area (Å²) in [6, 6.07) is 73.8. The van der Waals surface area contributed by atoms with Crippen LogP contribution in [0.5, 0.6) is 0 Å². The van der Waals surface area contributed by atoms with E-state index >= 15 is 0 Å². The number of furan rings is 1. The molecule has 0 bridgehead atoms. The van der Waals surface area contributed by atoms with E-state index < -0.39 is 0 Å². The molecule has 55 heavy (non-hydrogen) atoms. The molecule has 0 unspecified atom stereocenters. The van der Waals surface area contributed by atoms with Gasteiger partial charge in [0.25, 0.3) is 0 Å². The van der Waals surface area contributed by atoms with Crippen LogP contribution in [0.2, 0.25) is 0 Å². The van der Waals surface area contributed by atoms with Crippen LogP contribution in [0.4, 0.5) is 17.1 Å². The maximum Gasteiger partial charge on any atom is 0.143 e. The number of aromatic nitrogens is 1. The maximum atomic E-state index is 6.68. The Morgan fingerprint density at radius 2 is 1.09 bits per heavy atom.